The van der Waals surface area contributed by atoms with E-state index in [1.54, 1.807) is 11.3 Å². The van der Waals surface area contributed by atoms with Crippen molar-refractivity contribution in [2.45, 2.75) is 13.8 Å². The van der Waals surface area contributed by atoms with E-state index >= 15 is 0 Å². The van der Waals surface area contributed by atoms with Crippen LogP contribution in [0, 0.1) is 13.8 Å². The van der Waals surface area contributed by atoms with Crippen LogP contribution >= 0.6 is 11.3 Å². The van der Waals surface area contributed by atoms with Gasteiger partial charge >= 0.3 is 0 Å². The minimum atomic E-state index is -0.199. The minimum Gasteiger partial charge on any atom is -0.484 e. The third-order valence-corrected chi connectivity index (χ3v) is 4.26. The lowest BCUT2D eigenvalue weighted by molar-refractivity contribution is -0.118. The number of para-hydroxylation sites is 1. The highest BCUT2D eigenvalue weighted by molar-refractivity contribution is 7.09. The fourth-order valence-electron chi connectivity index (χ4n) is 2.27. The molecule has 0 atom stereocenters. The lowest BCUT2D eigenvalue weighted by Crippen LogP contribution is -2.20. The molecule has 4 nitrogen and oxygen atoms in total. The van der Waals surface area contributed by atoms with Crippen LogP contribution in [-0.2, 0) is 4.79 Å². The Morgan fingerprint density at radius 2 is 1.88 bits per heavy atom. The van der Waals surface area contributed by atoms with Gasteiger partial charge in [-0.25, -0.2) is 4.98 Å². The number of thiazole rings is 1. The Bertz CT molecular complexity index is 841. The van der Waals surface area contributed by atoms with Crippen molar-refractivity contribution in [1.29, 1.82) is 0 Å². The van der Waals surface area contributed by atoms with E-state index in [4.69, 9.17) is 4.74 Å². The maximum Gasteiger partial charge on any atom is 0.262 e. The maximum absolute atomic E-state index is 12.2. The van der Waals surface area contributed by atoms with E-state index in [1.807, 2.05) is 67.8 Å². The first-order valence-electron chi connectivity index (χ1n) is 7.62. The number of nitrogens with one attached hydrogen (secondary N) is 1. The van der Waals surface area contributed by atoms with E-state index in [0.29, 0.717) is 5.75 Å². The zero-order valence-electron chi connectivity index (χ0n) is 13.6. The molecule has 24 heavy (non-hydrogen) atoms. The lowest BCUT2D eigenvalue weighted by atomic mass is 10.1. The van der Waals surface area contributed by atoms with Gasteiger partial charge in [-0.1, -0.05) is 35.9 Å². The van der Waals surface area contributed by atoms with Gasteiger partial charge in [0.2, 0.25) is 0 Å². The molecule has 0 aliphatic carbocycles. The molecule has 3 rings (SSSR count). The first-order valence-corrected chi connectivity index (χ1v) is 8.50. The highest BCUT2D eigenvalue weighted by Crippen LogP contribution is 2.28. The van der Waals surface area contributed by atoms with Crippen LogP contribution in [0.3, 0.4) is 0 Å². The quantitative estimate of drug-likeness (QED) is 0.748. The Labute approximate surface area is 145 Å². The number of ether oxygens (including phenoxy) is 1. The van der Waals surface area contributed by atoms with Crippen LogP contribution in [0.1, 0.15) is 10.6 Å². The minimum absolute atomic E-state index is 0.0342. The second kappa shape index (κ2) is 7.27. The van der Waals surface area contributed by atoms with Crippen molar-refractivity contribution in [2.75, 3.05) is 11.9 Å². The van der Waals surface area contributed by atoms with Crippen LogP contribution in [-0.4, -0.2) is 17.5 Å². The largest absolute Gasteiger partial charge is 0.484 e. The molecule has 0 bridgehead atoms. The molecule has 0 radical (unpaired) electrons. The number of carbonyl (C=O) groups excluding carboxylic acids is 1. The summed E-state index contributed by atoms with van der Waals surface area (Å²) in [4.78, 5) is 16.7. The fourth-order valence-corrected chi connectivity index (χ4v) is 2.89. The van der Waals surface area contributed by atoms with Crippen molar-refractivity contribution in [1.82, 2.24) is 4.98 Å². The van der Waals surface area contributed by atoms with Gasteiger partial charge in [0.05, 0.1) is 16.4 Å². The molecule has 0 fully saturated rings. The number of carbonyl (C=O) groups is 1. The molecule has 0 spiro atoms. The molecule has 122 valence electrons. The van der Waals surface area contributed by atoms with E-state index in [1.165, 1.54) is 0 Å². The van der Waals surface area contributed by atoms with E-state index in [0.717, 1.165) is 27.5 Å². The Kier molecular flexibility index (Phi) is 4.91. The molecule has 5 heteroatoms. The van der Waals surface area contributed by atoms with Gasteiger partial charge in [0.25, 0.3) is 5.91 Å². The van der Waals surface area contributed by atoms with Gasteiger partial charge in [-0.05, 0) is 32.0 Å². The van der Waals surface area contributed by atoms with Crippen LogP contribution in [0.2, 0.25) is 0 Å². The third-order valence-electron chi connectivity index (χ3n) is 3.49. The number of hydrogen-bond acceptors (Lipinski definition) is 4. The summed E-state index contributed by atoms with van der Waals surface area (Å²) in [5.74, 6) is 0.481. The zero-order valence-corrected chi connectivity index (χ0v) is 14.4. The van der Waals surface area contributed by atoms with Crippen LogP contribution in [0.5, 0.6) is 5.75 Å². The monoisotopic (exact) mass is 338 g/mol. The summed E-state index contributed by atoms with van der Waals surface area (Å²) >= 11 is 1.59. The normalized spacial score (nSPS) is 10.4. The van der Waals surface area contributed by atoms with E-state index in [2.05, 4.69) is 10.3 Å². The SMILES string of the molecule is Cc1ccc(OCC(=O)Nc2ccccc2-c2csc(C)n2)cc1. The van der Waals surface area contributed by atoms with Gasteiger partial charge in [-0.15, -0.1) is 11.3 Å². The van der Waals surface area contributed by atoms with Crippen LogP contribution in [0.25, 0.3) is 11.3 Å². The van der Waals surface area contributed by atoms with E-state index < -0.39 is 0 Å². The van der Waals surface area contributed by atoms with Gasteiger partial charge < -0.3 is 10.1 Å². The molecule has 0 saturated carbocycles. The maximum atomic E-state index is 12.2. The number of aromatic nitrogens is 1. The van der Waals surface area contributed by atoms with Crippen molar-refractivity contribution < 1.29 is 9.53 Å². The molecular formula is C19H18N2O2S. The van der Waals surface area contributed by atoms with E-state index in [-0.39, 0.29) is 12.5 Å². The van der Waals surface area contributed by atoms with Gasteiger partial charge in [0.15, 0.2) is 6.61 Å². The molecule has 1 heterocycles. The first-order chi connectivity index (χ1) is 11.6. The molecule has 2 aromatic carbocycles. The third kappa shape index (κ3) is 4.00. The molecule has 0 unspecified atom stereocenters. The topological polar surface area (TPSA) is 51.2 Å². The summed E-state index contributed by atoms with van der Waals surface area (Å²) < 4.78 is 5.52. The number of rotatable bonds is 5. The number of aryl methyl sites for hydroxylation is 2. The number of anilines is 1. The zero-order chi connectivity index (χ0) is 16.9. The Hall–Kier alpha value is -2.66. The summed E-state index contributed by atoms with van der Waals surface area (Å²) in [5, 5.41) is 5.88. The highest BCUT2D eigenvalue weighted by atomic mass is 32.1. The lowest BCUT2D eigenvalue weighted by Gasteiger charge is -2.10. The molecule has 0 saturated heterocycles. The van der Waals surface area contributed by atoms with Crippen LogP contribution in [0.15, 0.2) is 53.9 Å². The van der Waals surface area contributed by atoms with Crippen molar-refractivity contribution in [3.8, 4) is 17.0 Å². The Morgan fingerprint density at radius 1 is 1.12 bits per heavy atom. The first kappa shape index (κ1) is 16.2. The van der Waals surface area contributed by atoms with Gasteiger partial charge in [0, 0.05) is 10.9 Å². The predicted molar refractivity (Wildman–Crippen MR) is 97.6 cm³/mol. The van der Waals surface area contributed by atoms with Crippen molar-refractivity contribution >= 4 is 22.9 Å². The number of benzene rings is 2. The Morgan fingerprint density at radius 3 is 2.58 bits per heavy atom. The highest BCUT2D eigenvalue weighted by Gasteiger charge is 2.11. The number of nitrogens with zero attached hydrogens (tertiary/aromatic N) is 1. The predicted octanol–water partition coefficient (Wildman–Crippen LogP) is 4.44. The summed E-state index contributed by atoms with van der Waals surface area (Å²) in [7, 11) is 0. The number of amides is 1. The molecular weight excluding hydrogens is 320 g/mol. The second-order valence-corrected chi connectivity index (χ2v) is 6.51. The summed E-state index contributed by atoms with van der Waals surface area (Å²) in [6.45, 7) is 3.94. The second-order valence-electron chi connectivity index (χ2n) is 5.45. The van der Waals surface area contributed by atoms with Crippen molar-refractivity contribution in [3.05, 3.63) is 64.5 Å². The molecule has 3 aromatic rings. The molecule has 0 aliphatic heterocycles. The summed E-state index contributed by atoms with van der Waals surface area (Å²) in [6.07, 6.45) is 0. The van der Waals surface area contributed by atoms with Gasteiger partial charge in [-0.3, -0.25) is 4.79 Å². The Balaban J connectivity index is 1.67. The van der Waals surface area contributed by atoms with Crippen LogP contribution < -0.4 is 10.1 Å². The smallest absolute Gasteiger partial charge is 0.262 e. The standard InChI is InChI=1S/C19H18N2O2S/c1-13-7-9-15(10-8-13)23-11-19(22)21-17-6-4-3-5-16(17)18-12-24-14(2)20-18/h3-10,12H,11H2,1-2H3,(H,21,22). The molecule has 1 N–H and O–H groups in total. The number of hydrogen-bond donors (Lipinski definition) is 1. The van der Waals surface area contributed by atoms with Gasteiger partial charge in [-0.2, -0.15) is 0 Å². The molecule has 1 amide bonds. The average Bonchev–Trinajstić information content (AvgIpc) is 3.01. The molecule has 0 aliphatic rings. The summed E-state index contributed by atoms with van der Waals surface area (Å²) in [6, 6.07) is 15.3. The van der Waals surface area contributed by atoms with Crippen molar-refractivity contribution in [3.63, 3.8) is 0 Å². The fraction of sp³-hybridized carbons (Fsp3) is 0.158. The molecule has 1 aromatic heterocycles. The van der Waals surface area contributed by atoms with Crippen molar-refractivity contribution in [2.24, 2.45) is 0 Å². The average molecular weight is 338 g/mol. The summed E-state index contributed by atoms with van der Waals surface area (Å²) in [5.41, 5.74) is 3.66. The van der Waals surface area contributed by atoms with Crippen LogP contribution in [0.4, 0.5) is 5.69 Å². The van der Waals surface area contributed by atoms with E-state index in [9.17, 15) is 4.79 Å². The van der Waals surface area contributed by atoms with Gasteiger partial charge in [0.1, 0.15) is 5.75 Å².